The van der Waals surface area contributed by atoms with Crippen LogP contribution in [0.25, 0.3) is 0 Å². The second-order valence-electron chi connectivity index (χ2n) is 7.53. The number of anilines is 1. The second kappa shape index (κ2) is 11.4. The Morgan fingerprint density at radius 3 is 2.43 bits per heavy atom. The monoisotopic (exact) mass is 450 g/mol. The Labute approximate surface area is 185 Å². The Hall–Kier alpha value is -2.05. The summed E-state index contributed by atoms with van der Waals surface area (Å²) in [6.45, 7) is 6.38. The number of nitrogens with zero attached hydrogens (tertiary/aromatic N) is 1. The van der Waals surface area contributed by atoms with Crippen molar-refractivity contribution in [3.8, 4) is 0 Å². The van der Waals surface area contributed by atoms with Gasteiger partial charge in [0.25, 0.3) is 10.0 Å². The predicted octanol–water partition coefficient (Wildman–Crippen LogP) is 5.18. The largest absolute Gasteiger partial charge is 0.354 e. The van der Waals surface area contributed by atoms with Crippen LogP contribution < -0.4 is 9.62 Å². The standard InChI is InChI=1S/C23H31ClN2O3S/c1-4-6-8-19(5-2)16-25-23(27)17-26(21-10-7-9-20(24)15-21)30(28,29)22-13-11-18(3)12-14-22/h7,9-15,19H,4-6,8,16-17H2,1-3H3,(H,25,27)/t19-/m0/s1. The maximum atomic E-state index is 13.3. The number of unbranched alkanes of at least 4 members (excludes halogenated alkanes) is 1. The van der Waals surface area contributed by atoms with Crippen molar-refractivity contribution in [1.82, 2.24) is 5.32 Å². The molecule has 0 aromatic heterocycles. The maximum Gasteiger partial charge on any atom is 0.264 e. The first-order valence-corrected chi connectivity index (χ1v) is 12.2. The van der Waals surface area contributed by atoms with E-state index in [-0.39, 0.29) is 17.3 Å². The van der Waals surface area contributed by atoms with Crippen LogP contribution in [0.3, 0.4) is 0 Å². The highest BCUT2D eigenvalue weighted by Gasteiger charge is 2.27. The van der Waals surface area contributed by atoms with Gasteiger partial charge in [-0.3, -0.25) is 9.10 Å². The van der Waals surface area contributed by atoms with Gasteiger partial charge in [0.2, 0.25) is 5.91 Å². The first-order valence-electron chi connectivity index (χ1n) is 10.4. The summed E-state index contributed by atoms with van der Waals surface area (Å²) in [6, 6.07) is 13.1. The zero-order valence-electron chi connectivity index (χ0n) is 17.9. The van der Waals surface area contributed by atoms with Crippen molar-refractivity contribution in [3.05, 3.63) is 59.1 Å². The minimum Gasteiger partial charge on any atom is -0.354 e. The van der Waals surface area contributed by atoms with Crippen LogP contribution in [0.15, 0.2) is 53.4 Å². The van der Waals surface area contributed by atoms with Gasteiger partial charge in [-0.15, -0.1) is 0 Å². The topological polar surface area (TPSA) is 66.5 Å². The van der Waals surface area contributed by atoms with Gasteiger partial charge < -0.3 is 5.32 Å². The molecule has 0 fully saturated rings. The molecule has 0 aliphatic heterocycles. The van der Waals surface area contributed by atoms with Crippen LogP contribution in [-0.2, 0) is 14.8 Å². The lowest BCUT2D eigenvalue weighted by Gasteiger charge is -2.25. The third-order valence-corrected chi connectivity index (χ3v) is 7.15. The molecule has 0 radical (unpaired) electrons. The fourth-order valence-corrected chi connectivity index (χ4v) is 4.77. The molecular formula is C23H31ClN2O3S. The number of halogens is 1. The number of sulfonamides is 1. The zero-order chi connectivity index (χ0) is 22.1. The van der Waals surface area contributed by atoms with Gasteiger partial charge in [0.15, 0.2) is 0 Å². The quantitative estimate of drug-likeness (QED) is 0.513. The normalized spacial score (nSPS) is 12.4. The van der Waals surface area contributed by atoms with Crippen LogP contribution >= 0.6 is 11.6 Å². The highest BCUT2D eigenvalue weighted by Crippen LogP contribution is 2.26. The van der Waals surface area contributed by atoms with Crippen LogP contribution in [0.1, 0.15) is 45.1 Å². The average molecular weight is 451 g/mol. The lowest BCUT2D eigenvalue weighted by molar-refractivity contribution is -0.119. The number of benzene rings is 2. The number of hydrogen-bond donors (Lipinski definition) is 1. The molecule has 5 nitrogen and oxygen atoms in total. The third-order valence-electron chi connectivity index (χ3n) is 5.12. The lowest BCUT2D eigenvalue weighted by Crippen LogP contribution is -2.42. The highest BCUT2D eigenvalue weighted by atomic mass is 35.5. The third kappa shape index (κ3) is 6.74. The van der Waals surface area contributed by atoms with Gasteiger partial charge in [0.1, 0.15) is 6.54 Å². The second-order valence-corrected chi connectivity index (χ2v) is 9.82. The molecule has 0 saturated heterocycles. The molecular weight excluding hydrogens is 420 g/mol. The van der Waals surface area contributed by atoms with Crippen molar-refractivity contribution in [2.45, 2.75) is 51.3 Å². The summed E-state index contributed by atoms with van der Waals surface area (Å²) >= 11 is 6.09. The van der Waals surface area contributed by atoms with Gasteiger partial charge in [-0.1, -0.05) is 68.5 Å². The lowest BCUT2D eigenvalue weighted by atomic mass is 9.99. The summed E-state index contributed by atoms with van der Waals surface area (Å²) in [5.74, 6) is 0.0582. The average Bonchev–Trinajstić information content (AvgIpc) is 2.72. The van der Waals surface area contributed by atoms with E-state index < -0.39 is 10.0 Å². The van der Waals surface area contributed by atoms with E-state index >= 15 is 0 Å². The molecule has 164 valence electrons. The Balaban J connectivity index is 2.24. The van der Waals surface area contributed by atoms with Crippen LogP contribution in [-0.4, -0.2) is 27.4 Å². The molecule has 0 heterocycles. The number of hydrogen-bond acceptors (Lipinski definition) is 3. The van der Waals surface area contributed by atoms with Crippen molar-refractivity contribution in [1.29, 1.82) is 0 Å². The molecule has 0 bridgehead atoms. The van der Waals surface area contributed by atoms with Gasteiger partial charge in [0, 0.05) is 11.6 Å². The van der Waals surface area contributed by atoms with E-state index in [1.54, 1.807) is 48.5 Å². The molecule has 30 heavy (non-hydrogen) atoms. The van der Waals surface area contributed by atoms with Crippen molar-refractivity contribution < 1.29 is 13.2 Å². The van der Waals surface area contributed by atoms with E-state index in [9.17, 15) is 13.2 Å². The van der Waals surface area contributed by atoms with E-state index in [1.807, 2.05) is 6.92 Å². The van der Waals surface area contributed by atoms with E-state index in [4.69, 9.17) is 11.6 Å². The molecule has 0 unspecified atom stereocenters. The molecule has 1 amide bonds. The van der Waals surface area contributed by atoms with Gasteiger partial charge >= 0.3 is 0 Å². The summed E-state index contributed by atoms with van der Waals surface area (Å²) in [4.78, 5) is 12.8. The van der Waals surface area contributed by atoms with Crippen molar-refractivity contribution >= 4 is 33.2 Å². The van der Waals surface area contributed by atoms with Gasteiger partial charge in [0.05, 0.1) is 10.6 Å². The maximum absolute atomic E-state index is 13.3. The van der Waals surface area contributed by atoms with Crippen molar-refractivity contribution in [3.63, 3.8) is 0 Å². The smallest absolute Gasteiger partial charge is 0.264 e. The Morgan fingerprint density at radius 1 is 1.13 bits per heavy atom. The van der Waals surface area contributed by atoms with Crippen LogP contribution in [0.4, 0.5) is 5.69 Å². The molecule has 1 N–H and O–H groups in total. The highest BCUT2D eigenvalue weighted by molar-refractivity contribution is 7.92. The fourth-order valence-electron chi connectivity index (χ4n) is 3.17. The fraction of sp³-hybridized carbons (Fsp3) is 0.435. The molecule has 1 atom stereocenters. The number of rotatable bonds is 11. The van der Waals surface area contributed by atoms with E-state index in [0.29, 0.717) is 23.2 Å². The molecule has 7 heteroatoms. The van der Waals surface area contributed by atoms with Crippen LogP contribution in [0, 0.1) is 12.8 Å². The first-order chi connectivity index (χ1) is 14.3. The van der Waals surface area contributed by atoms with Crippen molar-refractivity contribution in [2.24, 2.45) is 5.92 Å². The minimum absolute atomic E-state index is 0.134. The van der Waals surface area contributed by atoms with Gasteiger partial charge in [-0.05, 0) is 49.6 Å². The van der Waals surface area contributed by atoms with Crippen molar-refractivity contribution in [2.75, 3.05) is 17.4 Å². The van der Waals surface area contributed by atoms with Gasteiger partial charge in [-0.25, -0.2) is 8.42 Å². The van der Waals surface area contributed by atoms with Gasteiger partial charge in [-0.2, -0.15) is 0 Å². The summed E-state index contributed by atoms with van der Waals surface area (Å²) < 4.78 is 27.8. The van der Waals surface area contributed by atoms with Crippen LogP contribution in [0.2, 0.25) is 5.02 Å². The molecule has 2 aromatic carbocycles. The SMILES string of the molecule is CCCC[C@H](CC)CNC(=O)CN(c1cccc(Cl)c1)S(=O)(=O)c1ccc(C)cc1. The van der Waals surface area contributed by atoms with E-state index in [2.05, 4.69) is 19.2 Å². The van der Waals surface area contributed by atoms with E-state index in [1.165, 1.54) is 0 Å². The summed E-state index contributed by atoms with van der Waals surface area (Å²) in [7, 11) is -3.93. The number of carbonyl (C=O) groups excluding carboxylic acids is 1. The molecule has 0 spiro atoms. The molecule has 0 saturated carbocycles. The number of nitrogens with one attached hydrogen (secondary N) is 1. The Bertz CT molecular complexity index is 930. The summed E-state index contributed by atoms with van der Waals surface area (Å²) in [5, 5.41) is 3.32. The molecule has 0 aliphatic rings. The zero-order valence-corrected chi connectivity index (χ0v) is 19.5. The molecule has 2 aromatic rings. The Kier molecular flexibility index (Phi) is 9.18. The minimum atomic E-state index is -3.93. The predicted molar refractivity (Wildman–Crippen MR) is 123 cm³/mol. The summed E-state index contributed by atoms with van der Waals surface area (Å²) in [6.07, 6.45) is 4.25. The number of amides is 1. The van der Waals surface area contributed by atoms with E-state index in [0.717, 1.165) is 35.6 Å². The number of carbonyl (C=O) groups is 1. The van der Waals surface area contributed by atoms with Crippen LogP contribution in [0.5, 0.6) is 0 Å². The first kappa shape index (κ1) is 24.2. The summed E-state index contributed by atoms with van der Waals surface area (Å²) in [5.41, 5.74) is 1.31. The molecule has 0 aliphatic carbocycles. The number of aryl methyl sites for hydroxylation is 1. The molecule has 2 rings (SSSR count). The Morgan fingerprint density at radius 2 is 1.83 bits per heavy atom.